The minimum Gasteiger partial charge on any atom is -0.312 e. The number of carbonyl (C=O) groups excluding carboxylic acids is 2. The summed E-state index contributed by atoms with van der Waals surface area (Å²) in [6.45, 7) is 0.683. The predicted octanol–water partition coefficient (Wildman–Crippen LogP) is 4.47. The molecule has 8 heteroatoms. The van der Waals surface area contributed by atoms with Crippen LogP contribution in [0.5, 0.6) is 0 Å². The molecule has 2 heterocycles. The zero-order valence-electron chi connectivity index (χ0n) is 14.6. The Hall–Kier alpha value is -3.13. The molecular formula is C20H15F2N3O2S. The summed E-state index contributed by atoms with van der Waals surface area (Å²) < 4.78 is 27.2. The second-order valence-electron chi connectivity index (χ2n) is 6.31. The molecule has 1 aromatic heterocycles. The predicted molar refractivity (Wildman–Crippen MR) is 103 cm³/mol. The maximum absolute atomic E-state index is 13.9. The Morgan fingerprint density at radius 3 is 2.64 bits per heavy atom. The molecule has 142 valence electrons. The molecule has 2 amide bonds. The largest absolute Gasteiger partial charge is 0.312 e. The Morgan fingerprint density at radius 1 is 1.14 bits per heavy atom. The summed E-state index contributed by atoms with van der Waals surface area (Å²) in [4.78, 5) is 30.1. The van der Waals surface area contributed by atoms with E-state index >= 15 is 0 Å². The van der Waals surface area contributed by atoms with E-state index in [-0.39, 0.29) is 28.2 Å². The highest BCUT2D eigenvalue weighted by atomic mass is 32.1. The molecule has 1 aliphatic heterocycles. The van der Waals surface area contributed by atoms with Crippen molar-refractivity contribution in [2.24, 2.45) is 0 Å². The fourth-order valence-electron chi connectivity index (χ4n) is 3.03. The molecule has 0 unspecified atom stereocenters. The lowest BCUT2D eigenvalue weighted by Gasteiger charge is -2.15. The minimum absolute atomic E-state index is 0.0383. The Labute approximate surface area is 163 Å². The van der Waals surface area contributed by atoms with Crippen molar-refractivity contribution in [3.8, 4) is 11.3 Å². The first kappa shape index (κ1) is 18.2. The molecule has 0 radical (unpaired) electrons. The van der Waals surface area contributed by atoms with Crippen LogP contribution in [0.3, 0.4) is 0 Å². The van der Waals surface area contributed by atoms with Crippen LogP contribution in [0.15, 0.2) is 47.8 Å². The van der Waals surface area contributed by atoms with E-state index in [0.717, 1.165) is 41.6 Å². The lowest BCUT2D eigenvalue weighted by molar-refractivity contribution is -0.117. The van der Waals surface area contributed by atoms with Gasteiger partial charge in [0.15, 0.2) is 5.13 Å². The van der Waals surface area contributed by atoms with Crippen LogP contribution < -0.4 is 10.2 Å². The summed E-state index contributed by atoms with van der Waals surface area (Å²) in [5.41, 5.74) is 1.46. The topological polar surface area (TPSA) is 62.3 Å². The Balaban J connectivity index is 1.47. The van der Waals surface area contributed by atoms with Crippen LogP contribution in [-0.4, -0.2) is 23.3 Å². The number of thiazole rings is 1. The molecule has 2 aromatic carbocycles. The lowest BCUT2D eigenvalue weighted by atomic mass is 10.1. The second-order valence-corrected chi connectivity index (χ2v) is 7.17. The fraction of sp³-hybridized carbons (Fsp3) is 0.150. The van der Waals surface area contributed by atoms with Gasteiger partial charge in [-0.3, -0.25) is 14.9 Å². The Bertz CT molecular complexity index is 1050. The lowest BCUT2D eigenvalue weighted by Crippen LogP contribution is -2.23. The third-order valence-electron chi connectivity index (χ3n) is 4.44. The standard InChI is InChI=1S/C20H15F2N3O2S/c21-13-5-8-16(22)15(10-13)17-11-28-20(23-17)24-19(27)12-3-6-14(7-4-12)25-9-1-2-18(25)26/h3-8,10-11H,1-2,9H2,(H,23,24,27). The molecular weight excluding hydrogens is 384 g/mol. The number of nitrogens with one attached hydrogen (secondary N) is 1. The van der Waals surface area contributed by atoms with Gasteiger partial charge >= 0.3 is 0 Å². The van der Waals surface area contributed by atoms with Gasteiger partial charge in [0.2, 0.25) is 5.91 Å². The molecule has 1 saturated heterocycles. The van der Waals surface area contributed by atoms with Crippen molar-refractivity contribution in [2.75, 3.05) is 16.8 Å². The molecule has 0 atom stereocenters. The summed E-state index contributed by atoms with van der Waals surface area (Å²) in [7, 11) is 0. The Morgan fingerprint density at radius 2 is 1.93 bits per heavy atom. The van der Waals surface area contributed by atoms with Crippen molar-refractivity contribution in [3.63, 3.8) is 0 Å². The maximum Gasteiger partial charge on any atom is 0.257 e. The van der Waals surface area contributed by atoms with Gasteiger partial charge in [-0.25, -0.2) is 13.8 Å². The number of hydrogen-bond donors (Lipinski definition) is 1. The normalized spacial score (nSPS) is 13.8. The van der Waals surface area contributed by atoms with Gasteiger partial charge in [0, 0.05) is 35.2 Å². The summed E-state index contributed by atoms with van der Waals surface area (Å²) >= 11 is 1.12. The van der Waals surface area contributed by atoms with E-state index in [0.29, 0.717) is 18.5 Å². The second kappa shape index (κ2) is 7.47. The van der Waals surface area contributed by atoms with E-state index in [9.17, 15) is 18.4 Å². The van der Waals surface area contributed by atoms with Crippen LogP contribution in [0.25, 0.3) is 11.3 Å². The molecule has 1 aliphatic rings. The summed E-state index contributed by atoms with van der Waals surface area (Å²) in [6.07, 6.45) is 1.37. The van der Waals surface area contributed by atoms with Crippen molar-refractivity contribution in [1.29, 1.82) is 0 Å². The number of halogens is 2. The monoisotopic (exact) mass is 399 g/mol. The van der Waals surface area contributed by atoms with E-state index in [1.165, 1.54) is 0 Å². The molecule has 1 N–H and O–H groups in total. The first-order valence-corrected chi connectivity index (χ1v) is 9.52. The van der Waals surface area contributed by atoms with Crippen molar-refractivity contribution in [1.82, 2.24) is 4.98 Å². The Kier molecular flexibility index (Phi) is 4.87. The number of aromatic nitrogens is 1. The molecule has 0 bridgehead atoms. The van der Waals surface area contributed by atoms with Crippen LogP contribution in [0, 0.1) is 11.6 Å². The molecule has 1 fully saturated rings. The van der Waals surface area contributed by atoms with Gasteiger partial charge in [0.05, 0.1) is 5.69 Å². The molecule has 0 aliphatic carbocycles. The van der Waals surface area contributed by atoms with Crippen LogP contribution >= 0.6 is 11.3 Å². The van der Waals surface area contributed by atoms with Gasteiger partial charge in [-0.2, -0.15) is 0 Å². The van der Waals surface area contributed by atoms with Crippen molar-refractivity contribution >= 4 is 34.0 Å². The number of benzene rings is 2. The molecule has 0 saturated carbocycles. The number of rotatable bonds is 4. The highest BCUT2D eigenvalue weighted by molar-refractivity contribution is 7.14. The number of anilines is 2. The summed E-state index contributed by atoms with van der Waals surface area (Å²) in [5, 5.41) is 4.48. The van der Waals surface area contributed by atoms with Crippen LogP contribution in [-0.2, 0) is 4.79 Å². The first-order valence-electron chi connectivity index (χ1n) is 8.64. The van der Waals surface area contributed by atoms with E-state index in [4.69, 9.17) is 0 Å². The zero-order chi connectivity index (χ0) is 19.7. The van der Waals surface area contributed by atoms with Gasteiger partial charge in [-0.1, -0.05) is 0 Å². The number of hydrogen-bond acceptors (Lipinski definition) is 4. The highest BCUT2D eigenvalue weighted by Gasteiger charge is 2.21. The van der Waals surface area contributed by atoms with Crippen LogP contribution in [0.4, 0.5) is 19.6 Å². The van der Waals surface area contributed by atoms with Crippen molar-refractivity contribution in [3.05, 3.63) is 65.0 Å². The smallest absolute Gasteiger partial charge is 0.257 e. The number of nitrogens with zero attached hydrogens (tertiary/aromatic N) is 2. The average Bonchev–Trinajstić information content (AvgIpc) is 3.33. The molecule has 0 spiro atoms. The van der Waals surface area contributed by atoms with Gasteiger partial charge < -0.3 is 4.90 Å². The van der Waals surface area contributed by atoms with E-state index in [1.807, 2.05) is 0 Å². The number of carbonyl (C=O) groups is 2. The minimum atomic E-state index is -0.586. The number of amides is 2. The fourth-order valence-corrected chi connectivity index (χ4v) is 3.74. The maximum atomic E-state index is 13.9. The third kappa shape index (κ3) is 3.63. The van der Waals surface area contributed by atoms with Gasteiger partial charge in [-0.05, 0) is 48.9 Å². The van der Waals surface area contributed by atoms with Gasteiger partial charge in [0.1, 0.15) is 11.6 Å². The zero-order valence-corrected chi connectivity index (χ0v) is 15.4. The summed E-state index contributed by atoms with van der Waals surface area (Å²) in [6, 6.07) is 9.87. The molecule has 3 aromatic rings. The SMILES string of the molecule is O=C(Nc1nc(-c2cc(F)ccc2F)cs1)c1ccc(N2CCCC2=O)cc1. The van der Waals surface area contributed by atoms with Crippen LogP contribution in [0.1, 0.15) is 23.2 Å². The quantitative estimate of drug-likeness (QED) is 0.704. The van der Waals surface area contributed by atoms with Crippen molar-refractivity contribution in [2.45, 2.75) is 12.8 Å². The summed E-state index contributed by atoms with van der Waals surface area (Å²) in [5.74, 6) is -1.44. The van der Waals surface area contributed by atoms with E-state index in [1.54, 1.807) is 34.5 Å². The van der Waals surface area contributed by atoms with Crippen molar-refractivity contribution < 1.29 is 18.4 Å². The molecule has 28 heavy (non-hydrogen) atoms. The average molecular weight is 399 g/mol. The third-order valence-corrected chi connectivity index (χ3v) is 5.20. The van der Waals surface area contributed by atoms with E-state index < -0.39 is 11.6 Å². The van der Waals surface area contributed by atoms with Gasteiger partial charge in [0.25, 0.3) is 5.91 Å². The van der Waals surface area contributed by atoms with Gasteiger partial charge in [-0.15, -0.1) is 11.3 Å². The van der Waals surface area contributed by atoms with E-state index in [2.05, 4.69) is 10.3 Å². The van der Waals surface area contributed by atoms with Crippen LogP contribution in [0.2, 0.25) is 0 Å². The highest BCUT2D eigenvalue weighted by Crippen LogP contribution is 2.28. The molecule has 5 nitrogen and oxygen atoms in total. The molecule has 4 rings (SSSR count). The first-order chi connectivity index (χ1) is 13.5.